The average Bonchev–Trinajstić information content (AvgIpc) is 2.84. The molecule has 1 N–H and O–H groups in total. The Morgan fingerprint density at radius 3 is 3.14 bits per heavy atom. The van der Waals surface area contributed by atoms with Crippen LogP contribution in [0.15, 0.2) is 18.2 Å². The van der Waals surface area contributed by atoms with Crippen LogP contribution in [0.4, 0.5) is 9.52 Å². The fraction of sp³-hybridized carbons (Fsp3) is 0.375. The number of nitrogens with zero attached hydrogens (tertiary/aromatic N) is 1. The number of hydrogen-bond donors (Lipinski definition) is 1. The lowest BCUT2D eigenvalue weighted by atomic mass is 9.93. The van der Waals surface area contributed by atoms with Gasteiger partial charge in [-0.15, -0.1) is 11.3 Å². The van der Waals surface area contributed by atoms with Crippen molar-refractivity contribution in [3.05, 3.63) is 45.2 Å². The van der Waals surface area contributed by atoms with E-state index in [1.54, 1.807) is 6.07 Å². The molecule has 3 rings (SSSR count). The number of carbonyl (C=O) groups is 1. The van der Waals surface area contributed by atoms with Crippen LogP contribution in [0.3, 0.4) is 0 Å². The fourth-order valence-electron chi connectivity index (χ4n) is 2.62. The van der Waals surface area contributed by atoms with E-state index in [0.29, 0.717) is 11.0 Å². The first kappa shape index (κ1) is 15.4. The van der Waals surface area contributed by atoms with Crippen molar-refractivity contribution in [1.82, 2.24) is 4.98 Å². The molecule has 1 heterocycles. The molecule has 6 heteroatoms. The number of amides is 1. The highest BCUT2D eigenvalue weighted by Gasteiger charge is 2.21. The molecule has 0 aliphatic heterocycles. The van der Waals surface area contributed by atoms with Gasteiger partial charge in [0.1, 0.15) is 5.82 Å². The van der Waals surface area contributed by atoms with Gasteiger partial charge in [-0.3, -0.25) is 4.79 Å². The summed E-state index contributed by atoms with van der Waals surface area (Å²) in [7, 11) is 0. The van der Waals surface area contributed by atoms with Crippen molar-refractivity contribution in [2.24, 2.45) is 5.92 Å². The number of rotatable bonds is 3. The number of anilines is 1. The van der Waals surface area contributed by atoms with E-state index in [1.165, 1.54) is 28.3 Å². The number of carbonyl (C=O) groups excluding carboxylic acids is 1. The van der Waals surface area contributed by atoms with Crippen molar-refractivity contribution in [2.45, 2.75) is 32.6 Å². The van der Waals surface area contributed by atoms with Crippen molar-refractivity contribution < 1.29 is 9.18 Å². The molecular formula is C16H16ClFN2OS. The highest BCUT2D eigenvalue weighted by Crippen LogP contribution is 2.32. The first-order valence-corrected chi connectivity index (χ1v) is 8.43. The summed E-state index contributed by atoms with van der Waals surface area (Å²) in [6, 6.07) is 4.41. The average molecular weight is 339 g/mol. The topological polar surface area (TPSA) is 42.0 Å². The highest BCUT2D eigenvalue weighted by atomic mass is 35.5. The molecule has 0 unspecified atom stereocenters. The van der Waals surface area contributed by atoms with E-state index >= 15 is 0 Å². The fourth-order valence-corrected chi connectivity index (χ4v) is 4.04. The maximum atomic E-state index is 13.7. The Morgan fingerprint density at radius 1 is 1.55 bits per heavy atom. The lowest BCUT2D eigenvalue weighted by molar-refractivity contribution is -0.115. The summed E-state index contributed by atoms with van der Waals surface area (Å²) in [4.78, 5) is 17.8. The van der Waals surface area contributed by atoms with Crippen LogP contribution in [0.1, 0.15) is 29.5 Å². The van der Waals surface area contributed by atoms with Crippen LogP contribution in [0, 0.1) is 11.7 Å². The molecule has 1 aliphatic carbocycles. The van der Waals surface area contributed by atoms with E-state index in [4.69, 9.17) is 11.6 Å². The zero-order valence-electron chi connectivity index (χ0n) is 12.2. The minimum absolute atomic E-state index is 0.0911. The van der Waals surface area contributed by atoms with Gasteiger partial charge in [0.2, 0.25) is 5.91 Å². The predicted octanol–water partition coefficient (Wildman–Crippen LogP) is 4.24. The number of thiazole rings is 1. The predicted molar refractivity (Wildman–Crippen MR) is 87.0 cm³/mol. The molecule has 1 aromatic carbocycles. The van der Waals surface area contributed by atoms with Gasteiger partial charge in [-0.1, -0.05) is 24.6 Å². The number of hydrogen-bond acceptors (Lipinski definition) is 3. The molecule has 2 aromatic rings. The minimum Gasteiger partial charge on any atom is -0.302 e. The van der Waals surface area contributed by atoms with E-state index in [0.717, 1.165) is 25.0 Å². The summed E-state index contributed by atoms with van der Waals surface area (Å²) >= 11 is 7.46. The van der Waals surface area contributed by atoms with Gasteiger partial charge in [0.15, 0.2) is 5.13 Å². The molecule has 3 nitrogen and oxygen atoms in total. The zero-order chi connectivity index (χ0) is 15.7. The third kappa shape index (κ3) is 3.31. The van der Waals surface area contributed by atoms with Gasteiger partial charge in [-0.05, 0) is 37.3 Å². The van der Waals surface area contributed by atoms with E-state index < -0.39 is 5.82 Å². The molecule has 0 spiro atoms. The minimum atomic E-state index is -0.463. The Kier molecular flexibility index (Phi) is 4.45. The summed E-state index contributed by atoms with van der Waals surface area (Å²) in [6.07, 6.45) is 3.02. The quantitative estimate of drug-likeness (QED) is 0.909. The SMILES string of the molecule is C[C@H]1CCc2nc(NC(=O)Cc3c(F)cccc3Cl)sc2C1. The second kappa shape index (κ2) is 6.34. The van der Waals surface area contributed by atoms with Crippen LogP contribution in [-0.4, -0.2) is 10.9 Å². The van der Waals surface area contributed by atoms with Gasteiger partial charge < -0.3 is 5.32 Å². The number of halogens is 2. The molecule has 22 heavy (non-hydrogen) atoms. The van der Waals surface area contributed by atoms with E-state index in [9.17, 15) is 9.18 Å². The lowest BCUT2D eigenvalue weighted by Crippen LogP contribution is -2.15. The van der Waals surface area contributed by atoms with Crippen LogP contribution in [-0.2, 0) is 24.1 Å². The Hall–Kier alpha value is -1.46. The van der Waals surface area contributed by atoms with E-state index in [1.807, 2.05) is 0 Å². The third-order valence-electron chi connectivity index (χ3n) is 3.83. The van der Waals surface area contributed by atoms with E-state index in [-0.39, 0.29) is 22.9 Å². The Bertz CT molecular complexity index is 696. The second-order valence-corrected chi connectivity index (χ2v) is 7.15. The standard InChI is InChI=1S/C16H16ClFN2OS/c1-9-5-6-13-14(7-9)22-16(19-13)20-15(21)8-10-11(17)3-2-4-12(10)18/h2-4,9H,5-8H2,1H3,(H,19,20,21)/t9-/m0/s1. The van der Waals surface area contributed by atoms with Gasteiger partial charge in [-0.2, -0.15) is 0 Å². The Labute approximate surface area is 137 Å². The largest absolute Gasteiger partial charge is 0.302 e. The van der Waals surface area contributed by atoms with Gasteiger partial charge in [-0.25, -0.2) is 9.37 Å². The van der Waals surface area contributed by atoms with Crippen LogP contribution >= 0.6 is 22.9 Å². The van der Waals surface area contributed by atoms with E-state index in [2.05, 4.69) is 17.2 Å². The van der Waals surface area contributed by atoms with Gasteiger partial charge in [0, 0.05) is 15.5 Å². The number of aryl methyl sites for hydroxylation is 1. The van der Waals surface area contributed by atoms with Crippen LogP contribution < -0.4 is 5.32 Å². The smallest absolute Gasteiger partial charge is 0.230 e. The zero-order valence-corrected chi connectivity index (χ0v) is 13.7. The third-order valence-corrected chi connectivity index (χ3v) is 5.22. The normalized spacial score (nSPS) is 17.1. The van der Waals surface area contributed by atoms with Crippen molar-refractivity contribution >= 4 is 34.0 Å². The molecule has 0 saturated heterocycles. The summed E-state index contributed by atoms with van der Waals surface area (Å²) in [5.41, 5.74) is 1.30. The molecule has 1 atom stereocenters. The first-order valence-electron chi connectivity index (χ1n) is 7.24. The molecule has 0 fully saturated rings. The Balaban J connectivity index is 1.70. The summed E-state index contributed by atoms with van der Waals surface area (Å²) in [5.74, 6) is -0.102. The van der Waals surface area contributed by atoms with Crippen LogP contribution in [0.2, 0.25) is 5.02 Å². The molecule has 0 bridgehead atoms. The van der Waals surface area contributed by atoms with Crippen LogP contribution in [0.5, 0.6) is 0 Å². The molecule has 0 saturated carbocycles. The number of fused-ring (bicyclic) bond motifs is 1. The maximum absolute atomic E-state index is 13.7. The summed E-state index contributed by atoms with van der Waals surface area (Å²) in [6.45, 7) is 2.22. The maximum Gasteiger partial charge on any atom is 0.230 e. The number of nitrogens with one attached hydrogen (secondary N) is 1. The van der Waals surface area contributed by atoms with Gasteiger partial charge in [0.05, 0.1) is 12.1 Å². The molecule has 116 valence electrons. The summed E-state index contributed by atoms with van der Waals surface area (Å²) in [5, 5.41) is 3.62. The van der Waals surface area contributed by atoms with Crippen molar-refractivity contribution in [2.75, 3.05) is 5.32 Å². The lowest BCUT2D eigenvalue weighted by Gasteiger charge is -2.15. The molecule has 0 radical (unpaired) electrons. The van der Waals surface area contributed by atoms with Crippen LogP contribution in [0.25, 0.3) is 0 Å². The van der Waals surface area contributed by atoms with Crippen molar-refractivity contribution in [1.29, 1.82) is 0 Å². The Morgan fingerprint density at radius 2 is 2.36 bits per heavy atom. The highest BCUT2D eigenvalue weighted by molar-refractivity contribution is 7.15. The molecular weight excluding hydrogens is 323 g/mol. The molecule has 1 aromatic heterocycles. The monoisotopic (exact) mass is 338 g/mol. The van der Waals surface area contributed by atoms with Crippen molar-refractivity contribution in [3.63, 3.8) is 0 Å². The first-order chi connectivity index (χ1) is 10.5. The number of benzene rings is 1. The molecule has 1 aliphatic rings. The summed E-state index contributed by atoms with van der Waals surface area (Å²) < 4.78 is 13.7. The number of aromatic nitrogens is 1. The second-order valence-electron chi connectivity index (χ2n) is 5.66. The van der Waals surface area contributed by atoms with Gasteiger partial charge >= 0.3 is 0 Å². The van der Waals surface area contributed by atoms with Crippen molar-refractivity contribution in [3.8, 4) is 0 Å². The molecule has 1 amide bonds. The van der Waals surface area contributed by atoms with Gasteiger partial charge in [0.25, 0.3) is 0 Å².